The second kappa shape index (κ2) is 6.52. The van der Waals surface area contributed by atoms with Crippen LogP contribution in [-0.2, 0) is 20.2 Å². The molecule has 1 N–H and O–H groups in total. The first-order chi connectivity index (χ1) is 9.61. The summed E-state index contributed by atoms with van der Waals surface area (Å²) < 4.78 is 7.85. The van der Waals surface area contributed by atoms with Crippen LogP contribution in [0.3, 0.4) is 0 Å². The Labute approximate surface area is 120 Å². The smallest absolute Gasteiger partial charge is 0.170 e. The Balaban J connectivity index is 2.10. The van der Waals surface area contributed by atoms with Crippen LogP contribution in [-0.4, -0.2) is 21.3 Å². The van der Waals surface area contributed by atoms with E-state index in [9.17, 15) is 0 Å². The molecule has 5 nitrogen and oxygen atoms in total. The van der Waals surface area contributed by atoms with Gasteiger partial charge >= 0.3 is 0 Å². The van der Waals surface area contributed by atoms with Crippen LogP contribution in [0.4, 0.5) is 0 Å². The van der Waals surface area contributed by atoms with Crippen molar-refractivity contribution in [3.05, 3.63) is 41.0 Å². The van der Waals surface area contributed by atoms with E-state index in [-0.39, 0.29) is 0 Å². The van der Waals surface area contributed by atoms with Crippen LogP contribution in [0, 0.1) is 13.8 Å². The first kappa shape index (κ1) is 14.5. The summed E-state index contributed by atoms with van der Waals surface area (Å²) in [5, 5.41) is 11.5. The minimum Gasteiger partial charge on any atom is -0.485 e. The van der Waals surface area contributed by atoms with Crippen LogP contribution in [0.25, 0.3) is 0 Å². The number of nitrogens with zero attached hydrogens (tertiary/aromatic N) is 3. The van der Waals surface area contributed by atoms with Crippen LogP contribution >= 0.6 is 0 Å². The van der Waals surface area contributed by atoms with E-state index in [1.807, 2.05) is 24.6 Å². The fourth-order valence-corrected chi connectivity index (χ4v) is 1.97. The standard InChI is InChI=1S/C15H22N4O/c1-5-16-9-13-8-11(2)6-7-14(13)20-10-15-18-17-12(3)19(15)4/h6-8,16H,5,9-10H2,1-4H3. The molecule has 0 saturated heterocycles. The van der Waals surface area contributed by atoms with Gasteiger partial charge in [0.2, 0.25) is 0 Å². The van der Waals surface area contributed by atoms with E-state index in [4.69, 9.17) is 4.74 Å². The van der Waals surface area contributed by atoms with Crippen molar-refractivity contribution in [3.8, 4) is 5.75 Å². The fraction of sp³-hybridized carbons (Fsp3) is 0.467. The van der Waals surface area contributed by atoms with E-state index in [1.54, 1.807) is 0 Å². The molecule has 2 aromatic rings. The first-order valence-corrected chi connectivity index (χ1v) is 6.89. The minimum atomic E-state index is 0.430. The van der Waals surface area contributed by atoms with Gasteiger partial charge in [-0.3, -0.25) is 0 Å². The third-order valence-electron chi connectivity index (χ3n) is 3.32. The Hall–Kier alpha value is -1.88. The van der Waals surface area contributed by atoms with Crippen LogP contribution < -0.4 is 10.1 Å². The number of rotatable bonds is 6. The molecular formula is C15H22N4O. The lowest BCUT2D eigenvalue weighted by atomic mass is 10.1. The van der Waals surface area contributed by atoms with Crippen LogP contribution in [0.15, 0.2) is 18.2 Å². The average molecular weight is 274 g/mol. The van der Waals surface area contributed by atoms with Crippen LogP contribution in [0.2, 0.25) is 0 Å². The summed E-state index contributed by atoms with van der Waals surface area (Å²) in [5.74, 6) is 2.62. The number of nitrogens with one attached hydrogen (secondary N) is 1. The van der Waals surface area contributed by atoms with Crippen LogP contribution in [0.5, 0.6) is 5.75 Å². The Kier molecular flexibility index (Phi) is 4.74. The molecule has 0 spiro atoms. The van der Waals surface area contributed by atoms with Gasteiger partial charge in [-0.15, -0.1) is 10.2 Å². The molecule has 5 heteroatoms. The van der Waals surface area contributed by atoms with Crippen molar-refractivity contribution < 1.29 is 4.74 Å². The SMILES string of the molecule is CCNCc1cc(C)ccc1OCc1nnc(C)n1C. The lowest BCUT2D eigenvalue weighted by Gasteiger charge is -2.12. The van der Waals surface area contributed by atoms with E-state index >= 15 is 0 Å². The molecular weight excluding hydrogens is 252 g/mol. The molecule has 0 fully saturated rings. The fourth-order valence-electron chi connectivity index (χ4n) is 1.97. The Morgan fingerprint density at radius 3 is 2.70 bits per heavy atom. The lowest BCUT2D eigenvalue weighted by molar-refractivity contribution is 0.287. The molecule has 0 aliphatic heterocycles. The Morgan fingerprint density at radius 2 is 2.05 bits per heavy atom. The summed E-state index contributed by atoms with van der Waals surface area (Å²) in [6.07, 6.45) is 0. The maximum absolute atomic E-state index is 5.91. The summed E-state index contributed by atoms with van der Waals surface area (Å²) in [6.45, 7) is 8.30. The molecule has 0 unspecified atom stereocenters. The molecule has 2 rings (SSSR count). The van der Waals surface area contributed by atoms with Gasteiger partial charge in [0.25, 0.3) is 0 Å². The van der Waals surface area contributed by atoms with Gasteiger partial charge in [0.15, 0.2) is 5.82 Å². The third kappa shape index (κ3) is 3.36. The average Bonchev–Trinajstić information content (AvgIpc) is 2.75. The van der Waals surface area contributed by atoms with E-state index in [2.05, 4.69) is 41.5 Å². The number of ether oxygens (including phenoxy) is 1. The third-order valence-corrected chi connectivity index (χ3v) is 3.32. The molecule has 1 aromatic carbocycles. The number of aryl methyl sites for hydroxylation is 2. The molecule has 1 heterocycles. The molecule has 0 aliphatic rings. The number of hydrogen-bond acceptors (Lipinski definition) is 4. The summed E-state index contributed by atoms with van der Waals surface area (Å²) in [6, 6.07) is 6.23. The molecule has 20 heavy (non-hydrogen) atoms. The highest BCUT2D eigenvalue weighted by atomic mass is 16.5. The zero-order valence-electron chi connectivity index (χ0n) is 12.6. The van der Waals surface area contributed by atoms with Gasteiger partial charge in [0.05, 0.1) is 0 Å². The van der Waals surface area contributed by atoms with Crippen molar-refractivity contribution in [2.24, 2.45) is 7.05 Å². The van der Waals surface area contributed by atoms with Crippen molar-refractivity contribution in [2.75, 3.05) is 6.54 Å². The van der Waals surface area contributed by atoms with Crippen molar-refractivity contribution >= 4 is 0 Å². The maximum atomic E-state index is 5.91. The molecule has 0 radical (unpaired) electrons. The highest BCUT2D eigenvalue weighted by Gasteiger charge is 2.08. The van der Waals surface area contributed by atoms with E-state index in [0.29, 0.717) is 6.61 Å². The zero-order valence-corrected chi connectivity index (χ0v) is 12.6. The highest BCUT2D eigenvalue weighted by molar-refractivity contribution is 5.36. The van der Waals surface area contributed by atoms with E-state index < -0.39 is 0 Å². The summed E-state index contributed by atoms with van der Waals surface area (Å²) in [7, 11) is 1.95. The Bertz CT molecular complexity index is 577. The molecule has 0 amide bonds. The van der Waals surface area contributed by atoms with Gasteiger partial charge in [-0.05, 0) is 26.5 Å². The minimum absolute atomic E-state index is 0.430. The maximum Gasteiger partial charge on any atom is 0.170 e. The topological polar surface area (TPSA) is 52.0 Å². The molecule has 0 bridgehead atoms. The summed E-state index contributed by atoms with van der Waals surface area (Å²) in [5.41, 5.74) is 2.41. The van der Waals surface area contributed by atoms with Gasteiger partial charge in [-0.25, -0.2) is 0 Å². The van der Waals surface area contributed by atoms with Gasteiger partial charge in [-0.2, -0.15) is 0 Å². The van der Waals surface area contributed by atoms with Gasteiger partial charge in [0, 0.05) is 19.2 Å². The number of benzene rings is 1. The molecule has 0 aliphatic carbocycles. The molecule has 0 saturated carbocycles. The van der Waals surface area contributed by atoms with Crippen molar-refractivity contribution in [3.63, 3.8) is 0 Å². The second-order valence-electron chi connectivity index (χ2n) is 4.90. The number of aromatic nitrogens is 3. The van der Waals surface area contributed by atoms with Crippen molar-refractivity contribution in [1.29, 1.82) is 0 Å². The normalized spacial score (nSPS) is 10.8. The predicted octanol–water partition coefficient (Wildman–Crippen LogP) is 2.12. The molecule has 1 aromatic heterocycles. The Morgan fingerprint density at radius 1 is 1.25 bits per heavy atom. The van der Waals surface area contributed by atoms with Crippen molar-refractivity contribution in [1.82, 2.24) is 20.1 Å². The van der Waals surface area contributed by atoms with Crippen LogP contribution in [0.1, 0.15) is 29.7 Å². The molecule has 108 valence electrons. The van der Waals surface area contributed by atoms with E-state index in [1.165, 1.54) is 11.1 Å². The quantitative estimate of drug-likeness (QED) is 0.876. The first-order valence-electron chi connectivity index (χ1n) is 6.89. The predicted molar refractivity (Wildman–Crippen MR) is 78.6 cm³/mol. The lowest BCUT2D eigenvalue weighted by Crippen LogP contribution is -2.13. The molecule has 0 atom stereocenters. The largest absolute Gasteiger partial charge is 0.485 e. The summed E-state index contributed by atoms with van der Waals surface area (Å²) >= 11 is 0. The monoisotopic (exact) mass is 274 g/mol. The van der Waals surface area contributed by atoms with Gasteiger partial charge in [0.1, 0.15) is 18.2 Å². The number of hydrogen-bond donors (Lipinski definition) is 1. The van der Waals surface area contributed by atoms with E-state index in [0.717, 1.165) is 30.5 Å². The second-order valence-corrected chi connectivity index (χ2v) is 4.90. The van der Waals surface area contributed by atoms with Gasteiger partial charge in [-0.1, -0.05) is 24.6 Å². The van der Waals surface area contributed by atoms with Crippen molar-refractivity contribution in [2.45, 2.75) is 33.9 Å². The highest BCUT2D eigenvalue weighted by Crippen LogP contribution is 2.21. The van der Waals surface area contributed by atoms with Gasteiger partial charge < -0.3 is 14.6 Å². The summed E-state index contributed by atoms with van der Waals surface area (Å²) in [4.78, 5) is 0. The zero-order chi connectivity index (χ0) is 14.5.